The fourth-order valence-electron chi connectivity index (χ4n) is 4.52. The summed E-state index contributed by atoms with van der Waals surface area (Å²) in [5, 5.41) is 13.4. The normalized spacial score (nSPS) is 11.4. The summed E-state index contributed by atoms with van der Waals surface area (Å²) in [4.78, 5) is 24.6. The van der Waals surface area contributed by atoms with Crippen molar-refractivity contribution < 1.29 is 33.3 Å². The lowest BCUT2D eigenvalue weighted by molar-refractivity contribution is -0.142. The number of amides is 1. The number of carbonyl (C=O) groups is 2. The molecule has 0 fully saturated rings. The van der Waals surface area contributed by atoms with Crippen LogP contribution < -0.4 is 10.1 Å². The minimum atomic E-state index is -0.586. The molecule has 0 radical (unpaired) electrons. The lowest BCUT2D eigenvalue weighted by atomic mass is 9.99. The lowest BCUT2D eigenvalue weighted by Gasteiger charge is -2.19. The van der Waals surface area contributed by atoms with Crippen LogP contribution in [-0.2, 0) is 40.4 Å². The first-order valence-electron chi connectivity index (χ1n) is 14.3. The van der Waals surface area contributed by atoms with Crippen molar-refractivity contribution in [2.24, 2.45) is 0 Å². The Morgan fingerprint density at radius 3 is 2.56 bits per heavy atom. The number of aliphatic hydroxyl groups excluding tert-OH is 1. The monoisotopic (exact) mass is 607 g/mol. The quantitative estimate of drug-likeness (QED) is 0.0932. The van der Waals surface area contributed by atoms with Crippen LogP contribution in [0.5, 0.6) is 5.75 Å². The van der Waals surface area contributed by atoms with E-state index in [-0.39, 0.29) is 25.6 Å². The zero-order valence-electron chi connectivity index (χ0n) is 24.8. The Labute approximate surface area is 256 Å². The third kappa shape index (κ3) is 9.49. The molecule has 0 atom stereocenters. The van der Waals surface area contributed by atoms with Gasteiger partial charge in [0.1, 0.15) is 35.9 Å². The first kappa shape index (κ1) is 31.9. The first-order chi connectivity index (χ1) is 20.6. The minimum Gasteiger partial charge on any atom is -0.489 e. The summed E-state index contributed by atoms with van der Waals surface area (Å²) < 4.78 is 22.9. The predicted octanol–water partition coefficient (Wildman–Crippen LogP) is 7.30. The Kier molecular flexibility index (Phi) is 11.1. The van der Waals surface area contributed by atoms with E-state index in [1.54, 1.807) is 0 Å². The number of hydrogen-bond donors (Lipinski definition) is 2. The fourth-order valence-corrected chi connectivity index (χ4v) is 4.71. The van der Waals surface area contributed by atoms with Crippen molar-refractivity contribution in [3.63, 3.8) is 0 Å². The molecule has 0 aliphatic rings. The van der Waals surface area contributed by atoms with Gasteiger partial charge >= 0.3 is 12.1 Å². The minimum absolute atomic E-state index is 0.104. The first-order valence-corrected chi connectivity index (χ1v) is 14.8. The summed E-state index contributed by atoms with van der Waals surface area (Å²) in [7, 11) is 0. The number of alkyl halides is 1. The van der Waals surface area contributed by atoms with Gasteiger partial charge in [0.05, 0.1) is 13.0 Å². The van der Waals surface area contributed by atoms with Gasteiger partial charge in [-0.05, 0) is 80.6 Å². The molecule has 1 amide bonds. The number of alkyl carbamates (subject to hydrolysis) is 1. The molecule has 0 bridgehead atoms. The van der Waals surface area contributed by atoms with Crippen LogP contribution in [0.2, 0.25) is 0 Å². The van der Waals surface area contributed by atoms with E-state index in [4.69, 9.17) is 30.2 Å². The van der Waals surface area contributed by atoms with E-state index in [2.05, 4.69) is 5.32 Å². The van der Waals surface area contributed by atoms with E-state index in [9.17, 15) is 14.7 Å². The van der Waals surface area contributed by atoms with Crippen molar-refractivity contribution in [1.82, 2.24) is 5.32 Å². The van der Waals surface area contributed by atoms with Crippen molar-refractivity contribution in [2.75, 3.05) is 12.5 Å². The second-order valence-electron chi connectivity index (χ2n) is 11.2. The smallest absolute Gasteiger partial charge is 0.407 e. The van der Waals surface area contributed by atoms with Crippen LogP contribution in [0, 0.1) is 0 Å². The van der Waals surface area contributed by atoms with E-state index in [1.807, 2.05) is 87.5 Å². The lowest BCUT2D eigenvalue weighted by Crippen LogP contribution is -2.32. The number of ether oxygens (including phenoxy) is 3. The van der Waals surface area contributed by atoms with E-state index in [0.717, 1.165) is 46.0 Å². The largest absolute Gasteiger partial charge is 0.489 e. The SMILES string of the molecule is CC(C)(C)OC(=O)NCc1cccc(-c2cc(COc3ccccc3CC(=O)OCCCCCl)cc3cc(CO)oc23)c1. The molecule has 0 aliphatic carbocycles. The average Bonchev–Trinajstić information content (AvgIpc) is 3.40. The Morgan fingerprint density at radius 2 is 1.79 bits per heavy atom. The number of esters is 1. The van der Waals surface area contributed by atoms with Gasteiger partial charge in [-0.1, -0.05) is 36.4 Å². The number of rotatable bonds is 13. The molecule has 0 unspecified atom stereocenters. The summed E-state index contributed by atoms with van der Waals surface area (Å²) in [6.07, 6.45) is 1.14. The van der Waals surface area contributed by atoms with Gasteiger partial charge in [0, 0.05) is 28.9 Å². The molecular weight excluding hydrogens is 570 g/mol. The number of aliphatic hydroxyl groups is 1. The second kappa shape index (κ2) is 14.9. The number of para-hydroxylation sites is 1. The summed E-state index contributed by atoms with van der Waals surface area (Å²) in [6, 6.07) is 20.9. The second-order valence-corrected chi connectivity index (χ2v) is 11.6. The molecule has 0 aliphatic heterocycles. The van der Waals surface area contributed by atoms with Crippen molar-refractivity contribution >= 4 is 34.6 Å². The number of unbranched alkanes of at least 4 members (excludes halogenated alkanes) is 1. The van der Waals surface area contributed by atoms with Crippen LogP contribution >= 0.6 is 11.6 Å². The molecule has 8 nitrogen and oxygen atoms in total. The van der Waals surface area contributed by atoms with Gasteiger partial charge in [-0.25, -0.2) is 4.79 Å². The van der Waals surface area contributed by atoms with Gasteiger partial charge in [-0.15, -0.1) is 11.6 Å². The molecule has 0 saturated carbocycles. The molecule has 1 heterocycles. The van der Waals surface area contributed by atoms with Gasteiger partial charge < -0.3 is 29.1 Å². The highest BCUT2D eigenvalue weighted by Crippen LogP contribution is 2.34. The van der Waals surface area contributed by atoms with Crippen molar-refractivity contribution in [3.05, 3.63) is 89.2 Å². The topological polar surface area (TPSA) is 107 Å². The highest BCUT2D eigenvalue weighted by Gasteiger charge is 2.17. The standard InChI is InChI=1S/C34H38ClNO7/c1-34(2,3)43-33(39)36-20-23-9-8-11-25(15-23)29-17-24(16-27-18-28(21-37)42-32(27)29)22-41-30-12-5-4-10-26(30)19-31(38)40-14-7-6-13-35/h4-5,8-12,15-18,37H,6-7,13-14,19-22H2,1-3H3,(H,36,39). The number of hydrogen-bond acceptors (Lipinski definition) is 7. The number of nitrogens with one attached hydrogen (secondary N) is 1. The van der Waals surface area contributed by atoms with Crippen molar-refractivity contribution in [2.45, 2.75) is 65.4 Å². The summed E-state index contributed by atoms with van der Waals surface area (Å²) in [5.74, 6) is 1.27. The van der Waals surface area contributed by atoms with Crippen molar-refractivity contribution in [3.8, 4) is 16.9 Å². The molecular formula is C34H38ClNO7. The Bertz CT molecular complexity index is 1540. The maximum atomic E-state index is 12.4. The summed E-state index contributed by atoms with van der Waals surface area (Å²) >= 11 is 5.69. The van der Waals surface area contributed by atoms with Crippen LogP contribution in [-0.4, -0.2) is 35.3 Å². The van der Waals surface area contributed by atoms with Crippen LogP contribution in [0.3, 0.4) is 0 Å². The number of carbonyl (C=O) groups excluding carboxylic acids is 2. The molecule has 0 spiro atoms. The van der Waals surface area contributed by atoms with E-state index < -0.39 is 11.7 Å². The Hall–Kier alpha value is -4.01. The Balaban J connectivity index is 1.53. The van der Waals surface area contributed by atoms with Gasteiger partial charge in [0.15, 0.2) is 0 Å². The van der Waals surface area contributed by atoms with Crippen LogP contribution in [0.15, 0.2) is 71.1 Å². The average molecular weight is 608 g/mol. The molecule has 2 N–H and O–H groups in total. The predicted molar refractivity (Wildman–Crippen MR) is 166 cm³/mol. The van der Waals surface area contributed by atoms with E-state index >= 15 is 0 Å². The van der Waals surface area contributed by atoms with Crippen LogP contribution in [0.1, 0.15) is 56.1 Å². The molecule has 0 saturated heterocycles. The molecule has 1 aromatic heterocycles. The molecule has 4 aromatic rings. The number of halogens is 1. The summed E-state index contributed by atoms with van der Waals surface area (Å²) in [6.45, 7) is 6.10. The number of fused-ring (bicyclic) bond motifs is 1. The fraction of sp³-hybridized carbons (Fsp3) is 0.353. The van der Waals surface area contributed by atoms with Gasteiger partial charge in [0.25, 0.3) is 0 Å². The Morgan fingerprint density at radius 1 is 0.977 bits per heavy atom. The van der Waals surface area contributed by atoms with Crippen LogP contribution in [0.4, 0.5) is 4.79 Å². The van der Waals surface area contributed by atoms with Gasteiger partial charge in [0.2, 0.25) is 0 Å². The number of furan rings is 1. The zero-order chi connectivity index (χ0) is 30.8. The van der Waals surface area contributed by atoms with Gasteiger partial charge in [-0.3, -0.25) is 4.79 Å². The van der Waals surface area contributed by atoms with Crippen molar-refractivity contribution in [1.29, 1.82) is 0 Å². The third-order valence-electron chi connectivity index (χ3n) is 6.45. The maximum Gasteiger partial charge on any atom is 0.407 e. The molecule has 228 valence electrons. The molecule has 43 heavy (non-hydrogen) atoms. The van der Waals surface area contributed by atoms with E-state index in [1.165, 1.54) is 0 Å². The van der Waals surface area contributed by atoms with Crippen LogP contribution in [0.25, 0.3) is 22.1 Å². The molecule has 3 aromatic carbocycles. The highest BCUT2D eigenvalue weighted by atomic mass is 35.5. The summed E-state index contributed by atoms with van der Waals surface area (Å²) in [5.41, 5.74) is 4.26. The molecule has 4 rings (SSSR count). The van der Waals surface area contributed by atoms with E-state index in [0.29, 0.717) is 36.1 Å². The highest BCUT2D eigenvalue weighted by molar-refractivity contribution is 6.17. The number of benzene rings is 3. The maximum absolute atomic E-state index is 12.4. The van der Waals surface area contributed by atoms with Gasteiger partial charge in [-0.2, -0.15) is 0 Å². The molecule has 9 heteroatoms. The third-order valence-corrected chi connectivity index (χ3v) is 6.72. The zero-order valence-corrected chi connectivity index (χ0v) is 25.5.